The fourth-order valence-electron chi connectivity index (χ4n) is 3.21. The van der Waals surface area contributed by atoms with E-state index >= 15 is 0 Å². The van der Waals surface area contributed by atoms with E-state index in [0.717, 1.165) is 5.75 Å². The van der Waals surface area contributed by atoms with Gasteiger partial charge in [0.05, 0.1) is 30.3 Å². The van der Waals surface area contributed by atoms with E-state index in [9.17, 15) is 9.90 Å². The summed E-state index contributed by atoms with van der Waals surface area (Å²) in [6.07, 6.45) is 0.931. The molecular formula is C23H28Cl2N2O6S. The Morgan fingerprint density at radius 2 is 2.03 bits per heavy atom. The maximum absolute atomic E-state index is 12.3. The molecule has 186 valence electrons. The third kappa shape index (κ3) is 7.83. The molecule has 1 aliphatic heterocycles. The van der Waals surface area contributed by atoms with Crippen LogP contribution in [0.4, 0.5) is 0 Å². The zero-order chi connectivity index (χ0) is 24.5. The SMILES string of the molecule is CNC(=O)c1cc(Cl)c(OCCSC)cc1OC[C@H](O)CN1C[C@@H](Oc2ccc(Cl)cc2)CO1. The van der Waals surface area contributed by atoms with E-state index in [1.807, 2.05) is 6.26 Å². The van der Waals surface area contributed by atoms with Gasteiger partial charge < -0.3 is 24.6 Å². The van der Waals surface area contributed by atoms with Gasteiger partial charge in [-0.1, -0.05) is 23.2 Å². The first-order valence-electron chi connectivity index (χ1n) is 10.7. The van der Waals surface area contributed by atoms with Gasteiger partial charge in [0.25, 0.3) is 5.91 Å². The van der Waals surface area contributed by atoms with Crippen LogP contribution >= 0.6 is 35.0 Å². The monoisotopic (exact) mass is 530 g/mol. The van der Waals surface area contributed by atoms with Crippen LogP contribution in [-0.2, 0) is 4.84 Å². The molecule has 0 spiro atoms. The number of halogens is 2. The molecule has 1 amide bonds. The van der Waals surface area contributed by atoms with Gasteiger partial charge in [0.15, 0.2) is 0 Å². The molecule has 2 aromatic carbocycles. The Hall–Kier alpha value is -1.88. The normalized spacial score (nSPS) is 16.8. The van der Waals surface area contributed by atoms with Crippen LogP contribution in [0.1, 0.15) is 10.4 Å². The van der Waals surface area contributed by atoms with Crippen LogP contribution in [0.25, 0.3) is 0 Å². The number of hydroxylamine groups is 2. The number of β-amino-alcohol motifs (C(OH)–C–C–N with tert-alkyl or cyclic N) is 1. The number of carbonyl (C=O) groups is 1. The van der Waals surface area contributed by atoms with Gasteiger partial charge in [-0.05, 0) is 36.6 Å². The first kappa shape index (κ1) is 26.7. The molecule has 0 unspecified atom stereocenters. The molecule has 1 aliphatic rings. The number of aliphatic hydroxyl groups is 1. The molecule has 0 radical (unpaired) electrons. The number of hydrogen-bond acceptors (Lipinski definition) is 8. The van der Waals surface area contributed by atoms with Crippen molar-refractivity contribution < 1.29 is 28.9 Å². The highest BCUT2D eigenvalue weighted by atomic mass is 35.5. The van der Waals surface area contributed by atoms with Crippen LogP contribution < -0.4 is 19.5 Å². The minimum atomic E-state index is -0.872. The van der Waals surface area contributed by atoms with E-state index in [0.29, 0.717) is 41.3 Å². The topological polar surface area (TPSA) is 89.5 Å². The predicted molar refractivity (Wildman–Crippen MR) is 134 cm³/mol. The molecule has 34 heavy (non-hydrogen) atoms. The number of nitrogens with zero attached hydrogens (tertiary/aromatic N) is 1. The van der Waals surface area contributed by atoms with E-state index < -0.39 is 6.10 Å². The quantitative estimate of drug-likeness (QED) is 0.403. The summed E-state index contributed by atoms with van der Waals surface area (Å²) in [5.74, 6) is 1.82. The zero-order valence-corrected chi connectivity index (χ0v) is 21.3. The number of ether oxygens (including phenoxy) is 3. The Morgan fingerprint density at radius 3 is 2.74 bits per heavy atom. The maximum Gasteiger partial charge on any atom is 0.254 e. The third-order valence-corrected chi connectivity index (χ3v) is 5.99. The van der Waals surface area contributed by atoms with Gasteiger partial charge >= 0.3 is 0 Å². The summed E-state index contributed by atoms with van der Waals surface area (Å²) in [5.41, 5.74) is 0.255. The van der Waals surface area contributed by atoms with Gasteiger partial charge in [-0.25, -0.2) is 0 Å². The number of thioether (sulfide) groups is 1. The summed E-state index contributed by atoms with van der Waals surface area (Å²) in [4.78, 5) is 17.9. The van der Waals surface area contributed by atoms with Crippen molar-refractivity contribution in [3.05, 3.63) is 52.0 Å². The van der Waals surface area contributed by atoms with Crippen molar-refractivity contribution in [3.8, 4) is 17.2 Å². The Labute approximate surface area is 213 Å². The Kier molecular flexibility index (Phi) is 10.4. The summed E-state index contributed by atoms with van der Waals surface area (Å²) in [5, 5.41) is 15.6. The number of benzene rings is 2. The summed E-state index contributed by atoms with van der Waals surface area (Å²) in [6.45, 7) is 1.47. The van der Waals surface area contributed by atoms with Crippen LogP contribution in [-0.4, -0.2) is 80.3 Å². The molecule has 2 atom stereocenters. The summed E-state index contributed by atoms with van der Waals surface area (Å²) >= 11 is 13.8. The second kappa shape index (κ2) is 13.3. The largest absolute Gasteiger partial charge is 0.491 e. The van der Waals surface area contributed by atoms with Crippen LogP contribution in [0.15, 0.2) is 36.4 Å². The molecule has 3 rings (SSSR count). The second-order valence-corrected chi connectivity index (χ2v) is 9.33. The highest BCUT2D eigenvalue weighted by Crippen LogP contribution is 2.33. The van der Waals surface area contributed by atoms with Gasteiger partial charge in [0, 0.05) is 23.9 Å². The van der Waals surface area contributed by atoms with E-state index in [4.69, 9.17) is 42.3 Å². The molecule has 0 aromatic heterocycles. The van der Waals surface area contributed by atoms with Crippen molar-refractivity contribution in [1.29, 1.82) is 0 Å². The number of hydrogen-bond donors (Lipinski definition) is 2. The van der Waals surface area contributed by atoms with Crippen LogP contribution in [0, 0.1) is 0 Å². The molecular weight excluding hydrogens is 503 g/mol. The number of carbonyl (C=O) groups excluding carboxylic acids is 1. The fraction of sp³-hybridized carbons (Fsp3) is 0.435. The van der Waals surface area contributed by atoms with E-state index in [1.54, 1.807) is 47.2 Å². The molecule has 2 N–H and O–H groups in total. The lowest BCUT2D eigenvalue weighted by Crippen LogP contribution is -2.35. The Morgan fingerprint density at radius 1 is 1.26 bits per heavy atom. The average Bonchev–Trinajstić information content (AvgIpc) is 3.26. The van der Waals surface area contributed by atoms with Crippen LogP contribution in [0.5, 0.6) is 17.2 Å². The molecule has 11 heteroatoms. The molecule has 0 aliphatic carbocycles. The van der Waals surface area contributed by atoms with Crippen molar-refractivity contribution in [2.24, 2.45) is 0 Å². The molecule has 1 heterocycles. The Balaban J connectivity index is 1.54. The zero-order valence-electron chi connectivity index (χ0n) is 19.0. The highest BCUT2D eigenvalue weighted by molar-refractivity contribution is 7.98. The van der Waals surface area contributed by atoms with Crippen molar-refractivity contribution in [1.82, 2.24) is 10.4 Å². The molecule has 8 nitrogen and oxygen atoms in total. The number of amides is 1. The lowest BCUT2D eigenvalue weighted by atomic mass is 10.1. The Bertz CT molecular complexity index is 950. The first-order valence-corrected chi connectivity index (χ1v) is 12.8. The predicted octanol–water partition coefficient (Wildman–Crippen LogP) is 3.53. The van der Waals surface area contributed by atoms with E-state index in [1.165, 1.54) is 13.1 Å². The maximum atomic E-state index is 12.3. The molecule has 0 saturated carbocycles. The lowest BCUT2D eigenvalue weighted by molar-refractivity contribution is -0.131. The van der Waals surface area contributed by atoms with Crippen molar-refractivity contribution in [3.63, 3.8) is 0 Å². The smallest absolute Gasteiger partial charge is 0.254 e. The van der Waals surface area contributed by atoms with Gasteiger partial charge in [0.1, 0.15) is 42.7 Å². The number of aliphatic hydroxyl groups excluding tert-OH is 1. The van der Waals surface area contributed by atoms with Gasteiger partial charge in [-0.3, -0.25) is 9.63 Å². The van der Waals surface area contributed by atoms with Crippen LogP contribution in [0.3, 0.4) is 0 Å². The standard InChI is InChI=1S/C23H28Cl2N2O6S/c1-26-23(29)19-9-20(25)22(30-7-8-34-2)10-21(19)31-13-16(28)11-27-12-18(14-32-27)33-17-5-3-15(24)4-6-17/h3-6,9-10,16,18,28H,7-8,11-14H2,1-2H3,(H,26,29)/t16-,18-/m1/s1. The van der Waals surface area contributed by atoms with Gasteiger partial charge in [0.2, 0.25) is 0 Å². The van der Waals surface area contributed by atoms with E-state index in [-0.39, 0.29) is 36.5 Å². The minimum Gasteiger partial charge on any atom is -0.491 e. The fourth-order valence-corrected chi connectivity index (χ4v) is 3.81. The molecule has 1 fully saturated rings. The highest BCUT2D eigenvalue weighted by Gasteiger charge is 2.27. The molecule has 2 aromatic rings. The minimum absolute atomic E-state index is 0.0571. The van der Waals surface area contributed by atoms with Gasteiger partial charge in [-0.2, -0.15) is 16.8 Å². The summed E-state index contributed by atoms with van der Waals surface area (Å²) in [7, 11) is 1.52. The van der Waals surface area contributed by atoms with Crippen LogP contribution in [0.2, 0.25) is 10.0 Å². The van der Waals surface area contributed by atoms with Crippen molar-refractivity contribution in [2.75, 3.05) is 52.0 Å². The lowest BCUT2D eigenvalue weighted by Gasteiger charge is -2.20. The average molecular weight is 531 g/mol. The number of rotatable bonds is 12. The first-order chi connectivity index (χ1) is 16.4. The third-order valence-electron chi connectivity index (χ3n) is 4.86. The van der Waals surface area contributed by atoms with Gasteiger partial charge in [-0.15, -0.1) is 0 Å². The van der Waals surface area contributed by atoms with E-state index in [2.05, 4.69) is 5.32 Å². The van der Waals surface area contributed by atoms with Crippen molar-refractivity contribution >= 4 is 40.9 Å². The summed E-state index contributed by atoms with van der Waals surface area (Å²) in [6, 6.07) is 10.2. The summed E-state index contributed by atoms with van der Waals surface area (Å²) < 4.78 is 17.4. The molecule has 0 bridgehead atoms. The number of nitrogens with one attached hydrogen (secondary N) is 1. The van der Waals surface area contributed by atoms with Crippen molar-refractivity contribution in [2.45, 2.75) is 12.2 Å². The molecule has 1 saturated heterocycles. The second-order valence-electron chi connectivity index (χ2n) is 7.50.